The summed E-state index contributed by atoms with van der Waals surface area (Å²) in [6.45, 7) is 3.61. The molecule has 6 nitrogen and oxygen atoms in total. The molecule has 0 aliphatic carbocycles. The van der Waals surface area contributed by atoms with Gasteiger partial charge >= 0.3 is 0 Å². The average molecular weight is 335 g/mol. The molecule has 0 bridgehead atoms. The lowest BCUT2D eigenvalue weighted by atomic mass is 10.0. The van der Waals surface area contributed by atoms with E-state index in [1.807, 2.05) is 24.3 Å². The Kier molecular flexibility index (Phi) is 4.41. The highest BCUT2D eigenvalue weighted by Crippen LogP contribution is 2.29. The number of anilines is 1. The first-order valence-electron chi connectivity index (χ1n) is 7.68. The van der Waals surface area contributed by atoms with Gasteiger partial charge in [0.2, 0.25) is 10.0 Å². The smallest absolute Gasteiger partial charge is 0.213 e. The van der Waals surface area contributed by atoms with Crippen molar-refractivity contribution >= 4 is 26.6 Å². The number of hydrogen-bond acceptors (Lipinski definition) is 5. The predicted octanol–water partition coefficient (Wildman–Crippen LogP) is 1.94. The van der Waals surface area contributed by atoms with Crippen molar-refractivity contribution < 1.29 is 13.2 Å². The van der Waals surface area contributed by atoms with Crippen LogP contribution in [0.3, 0.4) is 0 Å². The van der Waals surface area contributed by atoms with Gasteiger partial charge in [-0.1, -0.05) is 12.1 Å². The summed E-state index contributed by atoms with van der Waals surface area (Å²) in [5, 5.41) is 4.42. The number of benzene rings is 1. The number of methoxy groups -OCH3 is 1. The SMILES string of the molecule is CCS(=O)(=O)N1CC(CNc2ccnc3c(OC)cccc23)C1. The molecule has 23 heavy (non-hydrogen) atoms. The van der Waals surface area contributed by atoms with E-state index < -0.39 is 10.0 Å². The standard InChI is InChI=1S/C16H21N3O3S/c1-3-23(20,21)19-10-12(11-19)9-18-14-7-8-17-16-13(14)5-4-6-15(16)22-2/h4-8,12H,3,9-11H2,1-2H3,(H,17,18). The van der Waals surface area contributed by atoms with Gasteiger partial charge in [0.1, 0.15) is 11.3 Å². The lowest BCUT2D eigenvalue weighted by molar-refractivity contribution is 0.212. The second-order valence-electron chi connectivity index (χ2n) is 5.68. The van der Waals surface area contributed by atoms with E-state index in [1.165, 1.54) is 0 Å². The van der Waals surface area contributed by atoms with Gasteiger partial charge < -0.3 is 10.1 Å². The number of rotatable bonds is 6. The molecule has 1 aliphatic rings. The number of para-hydroxylation sites is 1. The molecule has 1 aromatic carbocycles. The highest BCUT2D eigenvalue weighted by molar-refractivity contribution is 7.89. The zero-order chi connectivity index (χ0) is 16.4. The first kappa shape index (κ1) is 16.0. The molecular formula is C16H21N3O3S. The van der Waals surface area contributed by atoms with E-state index in [-0.39, 0.29) is 5.75 Å². The number of nitrogens with one attached hydrogen (secondary N) is 1. The summed E-state index contributed by atoms with van der Waals surface area (Å²) in [6.07, 6.45) is 1.75. The Hall–Kier alpha value is -1.86. The van der Waals surface area contributed by atoms with E-state index in [4.69, 9.17) is 4.74 Å². The second-order valence-corrected chi connectivity index (χ2v) is 7.94. The summed E-state index contributed by atoms with van der Waals surface area (Å²) in [7, 11) is -1.41. The molecule has 124 valence electrons. The van der Waals surface area contributed by atoms with Crippen LogP contribution in [-0.4, -0.2) is 50.2 Å². The molecule has 0 atom stereocenters. The van der Waals surface area contributed by atoms with E-state index >= 15 is 0 Å². The molecule has 0 spiro atoms. The summed E-state index contributed by atoms with van der Waals surface area (Å²) in [6, 6.07) is 7.76. The van der Waals surface area contributed by atoms with Gasteiger partial charge in [-0.3, -0.25) is 4.98 Å². The van der Waals surface area contributed by atoms with Gasteiger partial charge in [-0.05, 0) is 19.1 Å². The number of nitrogens with zero attached hydrogens (tertiary/aromatic N) is 2. The van der Waals surface area contributed by atoms with Crippen LogP contribution in [0.5, 0.6) is 5.75 Å². The molecule has 1 N–H and O–H groups in total. The van der Waals surface area contributed by atoms with E-state index in [0.29, 0.717) is 19.0 Å². The Morgan fingerprint density at radius 1 is 1.35 bits per heavy atom. The highest BCUT2D eigenvalue weighted by atomic mass is 32.2. The maximum Gasteiger partial charge on any atom is 0.213 e. The van der Waals surface area contributed by atoms with Crippen molar-refractivity contribution in [1.82, 2.24) is 9.29 Å². The van der Waals surface area contributed by atoms with Crippen LogP contribution in [0.2, 0.25) is 0 Å². The summed E-state index contributed by atoms with van der Waals surface area (Å²) in [5.74, 6) is 1.25. The molecule has 0 unspecified atom stereocenters. The fourth-order valence-corrected chi connectivity index (χ4v) is 4.02. The summed E-state index contributed by atoms with van der Waals surface area (Å²) in [5.41, 5.74) is 1.81. The fourth-order valence-electron chi connectivity index (χ4n) is 2.78. The summed E-state index contributed by atoms with van der Waals surface area (Å²) >= 11 is 0. The maximum absolute atomic E-state index is 11.7. The quantitative estimate of drug-likeness (QED) is 0.873. The molecule has 1 aromatic heterocycles. The zero-order valence-electron chi connectivity index (χ0n) is 13.3. The van der Waals surface area contributed by atoms with Crippen LogP contribution in [0.4, 0.5) is 5.69 Å². The minimum absolute atomic E-state index is 0.169. The van der Waals surface area contributed by atoms with Crippen LogP contribution >= 0.6 is 0 Å². The predicted molar refractivity (Wildman–Crippen MR) is 91.3 cm³/mol. The molecule has 2 heterocycles. The molecule has 2 aromatic rings. The van der Waals surface area contributed by atoms with E-state index in [2.05, 4.69) is 10.3 Å². The van der Waals surface area contributed by atoms with Crippen molar-refractivity contribution in [3.63, 3.8) is 0 Å². The molecular weight excluding hydrogens is 314 g/mol. The van der Waals surface area contributed by atoms with Crippen LogP contribution in [0.25, 0.3) is 10.9 Å². The van der Waals surface area contributed by atoms with E-state index in [9.17, 15) is 8.42 Å². The van der Waals surface area contributed by atoms with E-state index in [0.717, 1.165) is 28.9 Å². The maximum atomic E-state index is 11.7. The van der Waals surface area contributed by atoms with Crippen molar-refractivity contribution in [1.29, 1.82) is 0 Å². The lowest BCUT2D eigenvalue weighted by Crippen LogP contribution is -2.52. The Balaban J connectivity index is 1.68. The van der Waals surface area contributed by atoms with Gasteiger partial charge in [-0.25, -0.2) is 12.7 Å². The summed E-state index contributed by atoms with van der Waals surface area (Å²) < 4.78 is 30.3. The van der Waals surface area contributed by atoms with Crippen LogP contribution < -0.4 is 10.1 Å². The minimum Gasteiger partial charge on any atom is -0.494 e. The molecule has 0 radical (unpaired) electrons. The molecule has 1 saturated heterocycles. The first-order valence-corrected chi connectivity index (χ1v) is 9.29. The lowest BCUT2D eigenvalue weighted by Gasteiger charge is -2.38. The topological polar surface area (TPSA) is 71.5 Å². The fraction of sp³-hybridized carbons (Fsp3) is 0.438. The number of aromatic nitrogens is 1. The van der Waals surface area contributed by atoms with Crippen LogP contribution in [0.1, 0.15) is 6.92 Å². The minimum atomic E-state index is -3.04. The number of fused-ring (bicyclic) bond motifs is 1. The number of hydrogen-bond donors (Lipinski definition) is 1. The molecule has 7 heteroatoms. The Morgan fingerprint density at radius 2 is 2.13 bits per heavy atom. The molecule has 0 saturated carbocycles. The van der Waals surface area contributed by atoms with Crippen LogP contribution in [0, 0.1) is 5.92 Å². The zero-order valence-corrected chi connectivity index (χ0v) is 14.1. The third-order valence-corrected chi connectivity index (χ3v) is 6.03. The Bertz CT molecular complexity index is 801. The summed E-state index contributed by atoms with van der Waals surface area (Å²) in [4.78, 5) is 4.38. The highest BCUT2D eigenvalue weighted by Gasteiger charge is 2.34. The third-order valence-electron chi connectivity index (χ3n) is 4.22. The number of ether oxygens (including phenoxy) is 1. The van der Waals surface area contributed by atoms with Gasteiger partial charge in [0.25, 0.3) is 0 Å². The average Bonchev–Trinajstić information content (AvgIpc) is 2.52. The number of pyridine rings is 1. The van der Waals surface area contributed by atoms with E-state index in [1.54, 1.807) is 24.5 Å². The van der Waals surface area contributed by atoms with Crippen molar-refractivity contribution in [2.75, 3.05) is 37.8 Å². The largest absolute Gasteiger partial charge is 0.494 e. The van der Waals surface area contributed by atoms with Crippen molar-refractivity contribution in [3.8, 4) is 5.75 Å². The van der Waals surface area contributed by atoms with Crippen LogP contribution in [-0.2, 0) is 10.0 Å². The monoisotopic (exact) mass is 335 g/mol. The molecule has 0 amide bonds. The van der Waals surface area contributed by atoms with Gasteiger partial charge in [0.05, 0.1) is 12.9 Å². The van der Waals surface area contributed by atoms with Crippen LogP contribution in [0.15, 0.2) is 30.5 Å². The first-order chi connectivity index (χ1) is 11.0. The third kappa shape index (κ3) is 3.11. The van der Waals surface area contributed by atoms with Gasteiger partial charge in [-0.2, -0.15) is 0 Å². The molecule has 3 rings (SSSR count). The Morgan fingerprint density at radius 3 is 2.83 bits per heavy atom. The van der Waals surface area contributed by atoms with Crippen molar-refractivity contribution in [2.24, 2.45) is 5.92 Å². The van der Waals surface area contributed by atoms with Gasteiger partial charge in [-0.15, -0.1) is 0 Å². The Labute approximate surface area is 136 Å². The normalized spacial score (nSPS) is 16.3. The molecule has 1 fully saturated rings. The van der Waals surface area contributed by atoms with Crippen molar-refractivity contribution in [3.05, 3.63) is 30.5 Å². The van der Waals surface area contributed by atoms with Crippen molar-refractivity contribution in [2.45, 2.75) is 6.92 Å². The van der Waals surface area contributed by atoms with Gasteiger partial charge in [0.15, 0.2) is 0 Å². The number of sulfonamides is 1. The molecule has 1 aliphatic heterocycles. The van der Waals surface area contributed by atoms with Gasteiger partial charge in [0, 0.05) is 42.8 Å². The second kappa shape index (κ2) is 6.33.